The van der Waals surface area contributed by atoms with Crippen molar-refractivity contribution in [3.8, 4) is 5.75 Å². The van der Waals surface area contributed by atoms with Crippen molar-refractivity contribution in [2.24, 2.45) is 7.05 Å². The smallest absolute Gasteiger partial charge is 0.316 e. The largest absolute Gasteiger partial charge is 0.486 e. The summed E-state index contributed by atoms with van der Waals surface area (Å²) in [5.41, 5.74) is 0. The summed E-state index contributed by atoms with van der Waals surface area (Å²) in [6.07, 6.45) is 0. The maximum absolute atomic E-state index is 10.8. The van der Waals surface area contributed by atoms with E-state index in [1.165, 1.54) is 0 Å². The van der Waals surface area contributed by atoms with E-state index in [9.17, 15) is 4.79 Å². The fourth-order valence-corrected chi connectivity index (χ4v) is 2.36. The number of carboxylic acids is 1. The SMILES string of the molecule is CC(Sc1nnc(COc2ccc(Cl)cc2)n1C)C(=O)O. The molecular weight excluding hydrogens is 314 g/mol. The van der Waals surface area contributed by atoms with Crippen molar-refractivity contribution in [2.75, 3.05) is 0 Å². The molecular formula is C13H14ClN3O3S. The Bertz CT molecular complexity index is 630. The Hall–Kier alpha value is -1.73. The predicted molar refractivity (Wildman–Crippen MR) is 79.7 cm³/mol. The van der Waals surface area contributed by atoms with Gasteiger partial charge in [0, 0.05) is 12.1 Å². The molecule has 2 aromatic rings. The Morgan fingerprint density at radius 2 is 2.10 bits per heavy atom. The number of hydrogen-bond acceptors (Lipinski definition) is 5. The van der Waals surface area contributed by atoms with E-state index in [4.69, 9.17) is 21.4 Å². The fourth-order valence-electron chi connectivity index (χ4n) is 1.46. The highest BCUT2D eigenvalue weighted by Crippen LogP contribution is 2.22. The van der Waals surface area contributed by atoms with Crippen LogP contribution in [0.25, 0.3) is 0 Å². The lowest BCUT2D eigenvalue weighted by molar-refractivity contribution is -0.136. The van der Waals surface area contributed by atoms with Crippen LogP contribution in [0.15, 0.2) is 29.4 Å². The lowest BCUT2D eigenvalue weighted by Gasteiger charge is -2.07. The number of rotatable bonds is 6. The van der Waals surface area contributed by atoms with E-state index in [2.05, 4.69) is 10.2 Å². The summed E-state index contributed by atoms with van der Waals surface area (Å²) in [6, 6.07) is 7.01. The summed E-state index contributed by atoms with van der Waals surface area (Å²) < 4.78 is 7.31. The Morgan fingerprint density at radius 3 is 2.71 bits per heavy atom. The minimum Gasteiger partial charge on any atom is -0.486 e. The molecule has 1 aromatic carbocycles. The van der Waals surface area contributed by atoms with Gasteiger partial charge in [-0.1, -0.05) is 23.4 Å². The molecule has 8 heteroatoms. The Balaban J connectivity index is 2.00. The monoisotopic (exact) mass is 327 g/mol. The van der Waals surface area contributed by atoms with Gasteiger partial charge in [0.05, 0.1) is 0 Å². The Kier molecular flexibility index (Phi) is 5.08. The number of aromatic nitrogens is 3. The predicted octanol–water partition coefficient (Wildman–Crippen LogP) is 2.61. The molecule has 0 amide bonds. The van der Waals surface area contributed by atoms with Crippen LogP contribution < -0.4 is 4.74 Å². The number of thioether (sulfide) groups is 1. The van der Waals surface area contributed by atoms with Crippen LogP contribution in [-0.4, -0.2) is 31.1 Å². The van der Waals surface area contributed by atoms with Crippen LogP contribution in [0.5, 0.6) is 5.75 Å². The third kappa shape index (κ3) is 4.12. The van der Waals surface area contributed by atoms with Crippen molar-refractivity contribution in [3.05, 3.63) is 35.1 Å². The van der Waals surface area contributed by atoms with Crippen LogP contribution in [0, 0.1) is 0 Å². The summed E-state index contributed by atoms with van der Waals surface area (Å²) in [6.45, 7) is 1.85. The highest BCUT2D eigenvalue weighted by Gasteiger charge is 2.17. The van der Waals surface area contributed by atoms with Gasteiger partial charge in [0.1, 0.15) is 17.6 Å². The number of halogens is 1. The van der Waals surface area contributed by atoms with Gasteiger partial charge in [-0.3, -0.25) is 4.79 Å². The number of carbonyl (C=O) groups is 1. The third-order valence-corrected chi connectivity index (χ3v) is 4.11. The van der Waals surface area contributed by atoms with E-state index in [0.29, 0.717) is 21.8 Å². The first kappa shape index (κ1) is 15.7. The third-order valence-electron chi connectivity index (χ3n) is 2.74. The highest BCUT2D eigenvalue weighted by molar-refractivity contribution is 8.00. The number of carboxylic acid groups (broad SMARTS) is 1. The molecule has 0 bridgehead atoms. The zero-order valence-corrected chi connectivity index (χ0v) is 13.1. The first-order valence-corrected chi connectivity index (χ1v) is 7.39. The molecule has 1 unspecified atom stereocenters. The highest BCUT2D eigenvalue weighted by atomic mass is 35.5. The molecule has 112 valence electrons. The van der Waals surface area contributed by atoms with Gasteiger partial charge < -0.3 is 14.4 Å². The number of benzene rings is 1. The van der Waals surface area contributed by atoms with Crippen molar-refractivity contribution < 1.29 is 14.6 Å². The molecule has 0 aliphatic heterocycles. The molecule has 1 aromatic heterocycles. The summed E-state index contributed by atoms with van der Waals surface area (Å²) in [5.74, 6) is 0.405. The summed E-state index contributed by atoms with van der Waals surface area (Å²) in [5, 5.41) is 17.5. The molecule has 0 saturated carbocycles. The molecule has 0 aliphatic rings. The molecule has 1 N–H and O–H groups in total. The first-order chi connectivity index (χ1) is 9.97. The van der Waals surface area contributed by atoms with E-state index in [1.54, 1.807) is 42.8 Å². The second-order valence-corrected chi connectivity index (χ2v) is 6.04. The summed E-state index contributed by atoms with van der Waals surface area (Å²) in [7, 11) is 1.78. The molecule has 21 heavy (non-hydrogen) atoms. The van der Waals surface area contributed by atoms with Crippen molar-refractivity contribution in [3.63, 3.8) is 0 Å². The zero-order valence-electron chi connectivity index (χ0n) is 11.5. The van der Waals surface area contributed by atoms with Crippen molar-refractivity contribution >= 4 is 29.3 Å². The van der Waals surface area contributed by atoms with E-state index in [-0.39, 0.29) is 6.61 Å². The molecule has 2 rings (SSSR count). The van der Waals surface area contributed by atoms with E-state index >= 15 is 0 Å². The summed E-state index contributed by atoms with van der Waals surface area (Å²) >= 11 is 6.94. The molecule has 0 fully saturated rings. The van der Waals surface area contributed by atoms with Crippen LogP contribution in [0.4, 0.5) is 0 Å². The maximum Gasteiger partial charge on any atom is 0.316 e. The first-order valence-electron chi connectivity index (χ1n) is 6.13. The number of nitrogens with zero attached hydrogens (tertiary/aromatic N) is 3. The molecule has 0 spiro atoms. The van der Waals surface area contributed by atoms with Crippen molar-refractivity contribution in [1.29, 1.82) is 0 Å². The van der Waals surface area contributed by atoms with Crippen molar-refractivity contribution in [1.82, 2.24) is 14.8 Å². The maximum atomic E-state index is 10.8. The normalized spacial score (nSPS) is 12.1. The average Bonchev–Trinajstić information content (AvgIpc) is 2.79. The zero-order chi connectivity index (χ0) is 15.4. The number of ether oxygens (including phenoxy) is 1. The van der Waals surface area contributed by atoms with Gasteiger partial charge in [-0.15, -0.1) is 10.2 Å². The molecule has 0 aliphatic carbocycles. The van der Waals surface area contributed by atoms with Crippen LogP contribution in [-0.2, 0) is 18.4 Å². The van der Waals surface area contributed by atoms with Gasteiger partial charge in [-0.2, -0.15) is 0 Å². The van der Waals surface area contributed by atoms with Gasteiger partial charge in [0.15, 0.2) is 11.0 Å². The summed E-state index contributed by atoms with van der Waals surface area (Å²) in [4.78, 5) is 10.8. The van der Waals surface area contributed by atoms with Crippen LogP contribution in [0.2, 0.25) is 5.02 Å². The van der Waals surface area contributed by atoms with Crippen LogP contribution in [0.1, 0.15) is 12.7 Å². The molecule has 0 saturated heterocycles. The van der Waals surface area contributed by atoms with Gasteiger partial charge in [-0.25, -0.2) is 0 Å². The molecule has 6 nitrogen and oxygen atoms in total. The van der Waals surface area contributed by atoms with E-state index < -0.39 is 11.2 Å². The number of hydrogen-bond donors (Lipinski definition) is 1. The topological polar surface area (TPSA) is 77.2 Å². The minimum atomic E-state index is -0.887. The Morgan fingerprint density at radius 1 is 1.43 bits per heavy atom. The standard InChI is InChI=1S/C13H14ClN3O3S/c1-8(12(18)19)21-13-16-15-11(17(13)2)7-20-10-5-3-9(14)4-6-10/h3-6,8H,7H2,1-2H3,(H,18,19). The molecule has 1 atom stereocenters. The lowest BCUT2D eigenvalue weighted by Crippen LogP contribution is -2.12. The average molecular weight is 328 g/mol. The van der Waals surface area contributed by atoms with Gasteiger partial charge in [0.25, 0.3) is 0 Å². The van der Waals surface area contributed by atoms with Crippen LogP contribution >= 0.6 is 23.4 Å². The number of aliphatic carboxylic acids is 1. The van der Waals surface area contributed by atoms with Gasteiger partial charge in [-0.05, 0) is 31.2 Å². The minimum absolute atomic E-state index is 0.243. The second kappa shape index (κ2) is 6.82. The molecule has 0 radical (unpaired) electrons. The van der Waals surface area contributed by atoms with Crippen molar-refractivity contribution in [2.45, 2.75) is 23.9 Å². The van der Waals surface area contributed by atoms with E-state index in [0.717, 1.165) is 11.8 Å². The lowest BCUT2D eigenvalue weighted by atomic mass is 10.3. The second-order valence-electron chi connectivity index (χ2n) is 4.30. The van der Waals surface area contributed by atoms with E-state index in [1.807, 2.05) is 0 Å². The fraction of sp³-hybridized carbons (Fsp3) is 0.308. The Labute approximate surface area is 131 Å². The van der Waals surface area contributed by atoms with Gasteiger partial charge >= 0.3 is 5.97 Å². The quantitative estimate of drug-likeness (QED) is 0.822. The van der Waals surface area contributed by atoms with Crippen LogP contribution in [0.3, 0.4) is 0 Å². The van der Waals surface area contributed by atoms with Gasteiger partial charge in [0.2, 0.25) is 0 Å². The molecule has 1 heterocycles.